The third-order valence-corrected chi connectivity index (χ3v) is 5.37. The molecule has 0 N–H and O–H groups in total. The van der Waals surface area contributed by atoms with E-state index in [1.54, 1.807) is 21.3 Å². The molecule has 0 bridgehead atoms. The van der Waals surface area contributed by atoms with Gasteiger partial charge in [-0.05, 0) is 41.8 Å². The van der Waals surface area contributed by atoms with E-state index in [4.69, 9.17) is 18.9 Å². The third-order valence-electron chi connectivity index (χ3n) is 5.37. The van der Waals surface area contributed by atoms with Crippen molar-refractivity contribution in [3.05, 3.63) is 88.7 Å². The zero-order valence-corrected chi connectivity index (χ0v) is 18.4. The van der Waals surface area contributed by atoms with Crippen LogP contribution >= 0.6 is 0 Å². The standard InChI is InChI=1S/C26H28O5/c1-28-21-12-7-18(8-13-21)5-6-19-9-16-24(30-3)25(26(27)31-4)23(17-19)20-10-14-22(29-2)15-11-20/h5-8,10-15,17,23H,9,16H2,1-4H3/b6-5-/t23-/m1/s1. The summed E-state index contributed by atoms with van der Waals surface area (Å²) in [6.07, 6.45) is 7.63. The van der Waals surface area contributed by atoms with Gasteiger partial charge in [0.05, 0.1) is 34.0 Å². The molecule has 2 aromatic rings. The van der Waals surface area contributed by atoms with E-state index in [1.165, 1.54) is 7.11 Å². The molecule has 0 spiro atoms. The summed E-state index contributed by atoms with van der Waals surface area (Å²) in [5, 5.41) is 0. The summed E-state index contributed by atoms with van der Waals surface area (Å²) in [5.41, 5.74) is 3.68. The normalized spacial score (nSPS) is 16.5. The smallest absolute Gasteiger partial charge is 0.338 e. The highest BCUT2D eigenvalue weighted by atomic mass is 16.5. The van der Waals surface area contributed by atoms with Crippen LogP contribution in [-0.2, 0) is 14.3 Å². The van der Waals surface area contributed by atoms with Gasteiger partial charge in [0, 0.05) is 12.3 Å². The SMILES string of the molecule is COC(=O)C1=C(OC)CCC(/C=C\c2ccc(OC)cc2)=C[C@@H]1c1ccc(OC)cc1. The molecule has 0 aliphatic heterocycles. The van der Waals surface area contributed by atoms with Crippen LogP contribution in [-0.4, -0.2) is 34.4 Å². The van der Waals surface area contributed by atoms with Gasteiger partial charge >= 0.3 is 5.97 Å². The molecule has 5 nitrogen and oxygen atoms in total. The van der Waals surface area contributed by atoms with Crippen molar-refractivity contribution < 1.29 is 23.7 Å². The van der Waals surface area contributed by atoms with Crippen molar-refractivity contribution in [3.63, 3.8) is 0 Å². The number of hydrogen-bond donors (Lipinski definition) is 0. The molecule has 1 aliphatic carbocycles. The molecule has 0 unspecified atom stereocenters. The highest BCUT2D eigenvalue weighted by Gasteiger charge is 2.29. The van der Waals surface area contributed by atoms with E-state index in [0.29, 0.717) is 17.8 Å². The molecule has 0 saturated heterocycles. The van der Waals surface area contributed by atoms with Crippen molar-refractivity contribution in [1.29, 1.82) is 0 Å². The average molecular weight is 421 g/mol. The van der Waals surface area contributed by atoms with Crippen LogP contribution in [0.1, 0.15) is 29.9 Å². The Bertz CT molecular complexity index is 981. The topological polar surface area (TPSA) is 54.0 Å². The van der Waals surface area contributed by atoms with E-state index < -0.39 is 0 Å². The third kappa shape index (κ3) is 5.37. The number of methoxy groups -OCH3 is 4. The van der Waals surface area contributed by atoms with Crippen molar-refractivity contribution in [2.24, 2.45) is 0 Å². The van der Waals surface area contributed by atoms with Gasteiger partial charge in [-0.2, -0.15) is 0 Å². The fraction of sp³-hybridized carbons (Fsp3) is 0.269. The monoisotopic (exact) mass is 420 g/mol. The van der Waals surface area contributed by atoms with Gasteiger partial charge in [0.2, 0.25) is 0 Å². The Balaban J connectivity index is 2.00. The molecule has 5 heteroatoms. The second kappa shape index (κ2) is 10.5. The maximum Gasteiger partial charge on any atom is 0.338 e. The Morgan fingerprint density at radius 2 is 1.42 bits per heavy atom. The molecule has 2 aromatic carbocycles. The van der Waals surface area contributed by atoms with Crippen LogP contribution in [0.3, 0.4) is 0 Å². The van der Waals surface area contributed by atoms with Gasteiger partial charge in [0.1, 0.15) is 17.3 Å². The van der Waals surface area contributed by atoms with Crippen LogP contribution in [0.4, 0.5) is 0 Å². The molecule has 3 rings (SSSR count). The molecule has 0 saturated carbocycles. The quantitative estimate of drug-likeness (QED) is 0.570. The lowest BCUT2D eigenvalue weighted by atomic mass is 9.89. The summed E-state index contributed by atoms with van der Waals surface area (Å²) in [4.78, 5) is 12.7. The Morgan fingerprint density at radius 1 is 0.806 bits per heavy atom. The highest BCUT2D eigenvalue weighted by Crippen LogP contribution is 2.37. The first-order valence-corrected chi connectivity index (χ1v) is 10.1. The summed E-state index contributed by atoms with van der Waals surface area (Å²) in [6, 6.07) is 15.6. The first-order valence-electron chi connectivity index (χ1n) is 10.1. The fourth-order valence-corrected chi connectivity index (χ4v) is 3.64. The minimum absolute atomic E-state index is 0.286. The molecule has 1 atom stereocenters. The van der Waals surface area contributed by atoms with E-state index in [2.05, 4.69) is 18.2 Å². The van der Waals surface area contributed by atoms with Crippen LogP contribution in [0, 0.1) is 0 Å². The second-order valence-electron chi connectivity index (χ2n) is 7.13. The van der Waals surface area contributed by atoms with E-state index in [0.717, 1.165) is 34.6 Å². The zero-order chi connectivity index (χ0) is 22.2. The van der Waals surface area contributed by atoms with Gasteiger partial charge in [0.15, 0.2) is 0 Å². The van der Waals surface area contributed by atoms with Crippen molar-refractivity contribution >= 4 is 12.0 Å². The van der Waals surface area contributed by atoms with Crippen molar-refractivity contribution in [2.45, 2.75) is 18.8 Å². The van der Waals surface area contributed by atoms with Crippen molar-refractivity contribution in [1.82, 2.24) is 0 Å². The number of hydrogen-bond acceptors (Lipinski definition) is 5. The number of carbonyl (C=O) groups excluding carboxylic acids is 1. The van der Waals surface area contributed by atoms with Crippen LogP contribution in [0.5, 0.6) is 11.5 Å². The zero-order valence-electron chi connectivity index (χ0n) is 18.4. The van der Waals surface area contributed by atoms with Gasteiger partial charge < -0.3 is 18.9 Å². The minimum Gasteiger partial charge on any atom is -0.500 e. The largest absolute Gasteiger partial charge is 0.500 e. The Kier molecular flexibility index (Phi) is 7.55. The van der Waals surface area contributed by atoms with Crippen molar-refractivity contribution in [2.75, 3.05) is 28.4 Å². The van der Waals surface area contributed by atoms with Crippen LogP contribution in [0.15, 0.2) is 77.6 Å². The molecule has 0 fully saturated rings. The molecule has 0 heterocycles. The summed E-state index contributed by atoms with van der Waals surface area (Å²) in [7, 11) is 6.28. The Labute approximate surface area is 183 Å². The maximum atomic E-state index is 12.7. The lowest BCUT2D eigenvalue weighted by Gasteiger charge is -2.18. The highest BCUT2D eigenvalue weighted by molar-refractivity contribution is 5.91. The second-order valence-corrected chi connectivity index (χ2v) is 7.13. The van der Waals surface area contributed by atoms with Gasteiger partial charge in [0.25, 0.3) is 0 Å². The number of benzene rings is 2. The number of ether oxygens (including phenoxy) is 4. The minimum atomic E-state index is -0.380. The molecule has 0 radical (unpaired) electrons. The molecule has 31 heavy (non-hydrogen) atoms. The molecule has 1 aliphatic rings. The first kappa shape index (κ1) is 22.2. The van der Waals surface area contributed by atoms with E-state index >= 15 is 0 Å². The number of esters is 1. The lowest BCUT2D eigenvalue weighted by molar-refractivity contribution is -0.136. The number of allylic oxidation sites excluding steroid dienone is 4. The van der Waals surface area contributed by atoms with Crippen molar-refractivity contribution in [3.8, 4) is 11.5 Å². The summed E-state index contributed by atoms with van der Waals surface area (Å²) in [6.45, 7) is 0. The first-order chi connectivity index (χ1) is 15.1. The average Bonchev–Trinajstić information content (AvgIpc) is 3.02. The van der Waals surface area contributed by atoms with Gasteiger partial charge in [-0.25, -0.2) is 4.79 Å². The molecule has 162 valence electrons. The number of rotatable bonds is 7. The molecular formula is C26H28O5. The van der Waals surface area contributed by atoms with Gasteiger partial charge in [-0.1, -0.05) is 48.1 Å². The summed E-state index contributed by atoms with van der Waals surface area (Å²) < 4.78 is 21.2. The lowest BCUT2D eigenvalue weighted by Crippen LogP contribution is -2.15. The molecular weight excluding hydrogens is 392 g/mol. The van der Waals surface area contributed by atoms with Crippen LogP contribution < -0.4 is 9.47 Å². The molecule has 0 aromatic heterocycles. The summed E-state index contributed by atoms with van der Waals surface area (Å²) in [5.74, 6) is 1.57. The van der Waals surface area contributed by atoms with Crippen LogP contribution in [0.2, 0.25) is 0 Å². The predicted molar refractivity (Wildman–Crippen MR) is 121 cm³/mol. The Morgan fingerprint density at radius 3 is 1.97 bits per heavy atom. The number of carbonyl (C=O) groups is 1. The Hall–Kier alpha value is -3.47. The predicted octanol–water partition coefficient (Wildman–Crippen LogP) is 5.29. The van der Waals surface area contributed by atoms with Gasteiger partial charge in [-0.15, -0.1) is 0 Å². The van der Waals surface area contributed by atoms with E-state index in [9.17, 15) is 4.79 Å². The van der Waals surface area contributed by atoms with E-state index in [-0.39, 0.29) is 11.9 Å². The van der Waals surface area contributed by atoms with Gasteiger partial charge in [-0.3, -0.25) is 0 Å². The summed E-state index contributed by atoms with van der Waals surface area (Å²) >= 11 is 0. The van der Waals surface area contributed by atoms with E-state index in [1.807, 2.05) is 48.5 Å². The van der Waals surface area contributed by atoms with Crippen LogP contribution in [0.25, 0.3) is 6.08 Å². The fourth-order valence-electron chi connectivity index (χ4n) is 3.64. The molecule has 0 amide bonds. The maximum absolute atomic E-state index is 12.7.